The summed E-state index contributed by atoms with van der Waals surface area (Å²) in [6.45, 7) is 1.64. The van der Waals surface area contributed by atoms with E-state index >= 15 is 0 Å². The van der Waals surface area contributed by atoms with Gasteiger partial charge in [-0.2, -0.15) is 0 Å². The van der Waals surface area contributed by atoms with Crippen molar-refractivity contribution in [2.75, 3.05) is 25.2 Å². The molecule has 0 aromatic heterocycles. The number of carbonyl (C=O) groups is 1. The summed E-state index contributed by atoms with van der Waals surface area (Å²) >= 11 is 0. The molecular formula is C24H28N2O3. The average molecular weight is 392 g/mol. The second-order valence-electron chi connectivity index (χ2n) is 7.08. The van der Waals surface area contributed by atoms with Crippen molar-refractivity contribution in [2.45, 2.75) is 25.7 Å². The van der Waals surface area contributed by atoms with Crippen molar-refractivity contribution in [1.29, 1.82) is 0 Å². The van der Waals surface area contributed by atoms with Gasteiger partial charge in [-0.05, 0) is 60.6 Å². The minimum atomic E-state index is -0.535. The van der Waals surface area contributed by atoms with E-state index in [2.05, 4.69) is 47.4 Å². The van der Waals surface area contributed by atoms with Crippen LogP contribution in [0.2, 0.25) is 0 Å². The highest BCUT2D eigenvalue weighted by Crippen LogP contribution is 2.33. The number of nitrogens with one attached hydrogen (secondary N) is 1. The number of anilines is 1. The number of amides is 1. The van der Waals surface area contributed by atoms with E-state index < -0.39 is 5.91 Å². The van der Waals surface area contributed by atoms with Crippen LogP contribution in [0, 0.1) is 0 Å². The molecule has 1 aliphatic rings. The van der Waals surface area contributed by atoms with Crippen LogP contribution in [0.3, 0.4) is 0 Å². The molecule has 2 aromatic carbocycles. The Hall–Kier alpha value is -2.89. The molecule has 1 aliphatic heterocycles. The zero-order chi connectivity index (χ0) is 20.5. The number of aryl methyl sites for hydroxylation is 1. The Labute approximate surface area is 172 Å². The Balaban J connectivity index is 1.77. The number of ether oxygens (including phenoxy) is 1. The van der Waals surface area contributed by atoms with E-state index in [4.69, 9.17) is 9.94 Å². The third kappa shape index (κ3) is 5.79. The maximum Gasteiger partial charge on any atom is 0.267 e. The molecule has 5 nitrogen and oxygen atoms in total. The number of rotatable bonds is 9. The summed E-state index contributed by atoms with van der Waals surface area (Å²) in [5.74, 6) is -0.535. The van der Waals surface area contributed by atoms with Crippen LogP contribution < -0.4 is 10.4 Å². The number of methoxy groups -OCH3 is 1. The summed E-state index contributed by atoms with van der Waals surface area (Å²) in [4.78, 5) is 13.6. The van der Waals surface area contributed by atoms with Crippen LogP contribution in [0.25, 0.3) is 6.08 Å². The summed E-state index contributed by atoms with van der Waals surface area (Å²) in [6.07, 6.45) is 9.17. The van der Waals surface area contributed by atoms with E-state index in [9.17, 15) is 4.79 Å². The first kappa shape index (κ1) is 20.8. The minimum Gasteiger partial charge on any atom is -0.385 e. The molecule has 29 heavy (non-hydrogen) atoms. The van der Waals surface area contributed by atoms with Crippen molar-refractivity contribution in [1.82, 2.24) is 5.48 Å². The fourth-order valence-electron chi connectivity index (χ4n) is 3.62. The van der Waals surface area contributed by atoms with Crippen molar-refractivity contribution < 1.29 is 14.7 Å². The molecule has 0 unspecified atom stereocenters. The molecule has 1 heterocycles. The average Bonchev–Trinajstić information content (AvgIpc) is 2.77. The minimum absolute atomic E-state index is 0.535. The first-order valence-electron chi connectivity index (χ1n) is 9.96. The Kier molecular flexibility index (Phi) is 7.61. The van der Waals surface area contributed by atoms with Gasteiger partial charge in [0.05, 0.1) is 0 Å². The van der Waals surface area contributed by atoms with Gasteiger partial charge in [0, 0.05) is 37.7 Å². The fourth-order valence-corrected chi connectivity index (χ4v) is 3.62. The van der Waals surface area contributed by atoms with E-state index in [1.165, 1.54) is 28.6 Å². The molecule has 152 valence electrons. The van der Waals surface area contributed by atoms with Crippen molar-refractivity contribution in [3.63, 3.8) is 0 Å². The summed E-state index contributed by atoms with van der Waals surface area (Å²) < 4.78 is 5.26. The van der Waals surface area contributed by atoms with Crippen LogP contribution in [0.4, 0.5) is 5.69 Å². The summed E-state index contributed by atoms with van der Waals surface area (Å²) in [5, 5.41) is 8.63. The lowest BCUT2D eigenvalue weighted by atomic mass is 9.97. The van der Waals surface area contributed by atoms with Crippen LogP contribution in [0.1, 0.15) is 29.5 Å². The molecule has 0 aliphatic carbocycles. The van der Waals surface area contributed by atoms with E-state index in [1.807, 2.05) is 12.1 Å². The predicted octanol–water partition coefficient (Wildman–Crippen LogP) is 4.12. The van der Waals surface area contributed by atoms with Crippen LogP contribution >= 0.6 is 0 Å². The molecule has 1 amide bonds. The molecule has 2 aromatic rings. The van der Waals surface area contributed by atoms with Gasteiger partial charge < -0.3 is 9.64 Å². The highest BCUT2D eigenvalue weighted by Gasteiger charge is 2.19. The number of benzene rings is 2. The van der Waals surface area contributed by atoms with Gasteiger partial charge in [-0.15, -0.1) is 0 Å². The Morgan fingerprint density at radius 3 is 2.79 bits per heavy atom. The Morgan fingerprint density at radius 2 is 2.03 bits per heavy atom. The van der Waals surface area contributed by atoms with Gasteiger partial charge >= 0.3 is 0 Å². The number of hydroxylamine groups is 1. The molecule has 0 bridgehead atoms. The van der Waals surface area contributed by atoms with Gasteiger partial charge in [0.25, 0.3) is 5.91 Å². The fraction of sp³-hybridized carbons (Fsp3) is 0.292. The molecule has 0 atom stereocenters. The molecule has 0 saturated carbocycles. The van der Waals surface area contributed by atoms with Gasteiger partial charge in [0.1, 0.15) is 0 Å². The summed E-state index contributed by atoms with van der Waals surface area (Å²) in [5.41, 5.74) is 7.69. The molecule has 0 saturated heterocycles. The highest BCUT2D eigenvalue weighted by atomic mass is 16.5. The first-order valence-corrected chi connectivity index (χ1v) is 9.96. The largest absolute Gasteiger partial charge is 0.385 e. The monoisotopic (exact) mass is 392 g/mol. The molecule has 0 fully saturated rings. The van der Waals surface area contributed by atoms with Crippen LogP contribution in [-0.2, 0) is 22.4 Å². The standard InChI is InChI=1S/C24H28N2O3/c1-29-17-5-16-26-22(12-8-19-6-3-2-4-7-19)13-11-21-18-20(9-14-23(21)26)10-15-24(27)25-28/h2-4,6-7,9-10,13-15,18,28H,5,8,11-12,16-17H2,1H3,(H,25,27)/b15-10+. The highest BCUT2D eigenvalue weighted by molar-refractivity contribution is 5.91. The van der Waals surface area contributed by atoms with Crippen LogP contribution in [-0.4, -0.2) is 31.4 Å². The normalized spacial score (nSPS) is 13.3. The van der Waals surface area contributed by atoms with Crippen LogP contribution in [0.15, 0.2) is 66.4 Å². The van der Waals surface area contributed by atoms with Crippen molar-refractivity contribution in [3.8, 4) is 0 Å². The molecule has 0 radical (unpaired) electrons. The predicted molar refractivity (Wildman–Crippen MR) is 116 cm³/mol. The topological polar surface area (TPSA) is 61.8 Å². The van der Waals surface area contributed by atoms with Crippen molar-refractivity contribution in [3.05, 3.63) is 83.1 Å². The van der Waals surface area contributed by atoms with Gasteiger partial charge in [0.2, 0.25) is 0 Å². The third-order valence-electron chi connectivity index (χ3n) is 5.08. The van der Waals surface area contributed by atoms with E-state index in [-0.39, 0.29) is 0 Å². The number of carbonyl (C=O) groups excluding carboxylic acids is 1. The summed E-state index contributed by atoms with van der Waals surface area (Å²) in [7, 11) is 1.73. The molecule has 5 heteroatoms. The zero-order valence-corrected chi connectivity index (χ0v) is 16.8. The van der Waals surface area contributed by atoms with E-state index in [0.29, 0.717) is 0 Å². The lowest BCUT2D eigenvalue weighted by Gasteiger charge is -2.33. The number of fused-ring (bicyclic) bond motifs is 1. The zero-order valence-electron chi connectivity index (χ0n) is 16.8. The van der Waals surface area contributed by atoms with Gasteiger partial charge in [-0.25, -0.2) is 5.48 Å². The lowest BCUT2D eigenvalue weighted by molar-refractivity contribution is -0.124. The molecular weight excluding hydrogens is 364 g/mol. The third-order valence-corrected chi connectivity index (χ3v) is 5.08. The number of nitrogens with zero attached hydrogens (tertiary/aromatic N) is 1. The van der Waals surface area contributed by atoms with Crippen molar-refractivity contribution in [2.24, 2.45) is 0 Å². The number of hydrogen-bond donors (Lipinski definition) is 2. The quantitative estimate of drug-likeness (QED) is 0.292. The number of hydrogen-bond acceptors (Lipinski definition) is 4. The van der Waals surface area contributed by atoms with Gasteiger partial charge in [-0.3, -0.25) is 10.0 Å². The SMILES string of the molecule is COCCCN1C(CCc2ccccc2)=CCc2cc(/C=C/C(=O)NO)ccc21. The maximum absolute atomic E-state index is 11.2. The van der Waals surface area contributed by atoms with Gasteiger partial charge in [-0.1, -0.05) is 42.5 Å². The van der Waals surface area contributed by atoms with E-state index in [0.717, 1.165) is 44.4 Å². The Bertz CT molecular complexity index is 875. The van der Waals surface area contributed by atoms with Crippen molar-refractivity contribution >= 4 is 17.7 Å². The molecule has 3 rings (SSSR count). The molecule has 0 spiro atoms. The van der Waals surface area contributed by atoms with Gasteiger partial charge in [0.15, 0.2) is 0 Å². The number of allylic oxidation sites excluding steroid dienone is 2. The summed E-state index contributed by atoms with van der Waals surface area (Å²) in [6, 6.07) is 16.8. The smallest absolute Gasteiger partial charge is 0.267 e. The lowest BCUT2D eigenvalue weighted by Crippen LogP contribution is -2.28. The van der Waals surface area contributed by atoms with Crippen LogP contribution in [0.5, 0.6) is 0 Å². The second kappa shape index (κ2) is 10.6. The van der Waals surface area contributed by atoms with E-state index in [1.54, 1.807) is 18.7 Å². The molecule has 2 N–H and O–H groups in total. The first-order chi connectivity index (χ1) is 14.2. The Morgan fingerprint density at radius 1 is 1.21 bits per heavy atom. The second-order valence-corrected chi connectivity index (χ2v) is 7.08. The maximum atomic E-state index is 11.2.